The molecule has 0 saturated carbocycles. The van der Waals surface area contributed by atoms with Gasteiger partial charge in [0.1, 0.15) is 6.10 Å². The summed E-state index contributed by atoms with van der Waals surface area (Å²) in [5.41, 5.74) is 2.68. The molecule has 2 aromatic heterocycles. The Morgan fingerprint density at radius 3 is 3.32 bits per heavy atom. The minimum atomic E-state index is -0.0226. The van der Waals surface area contributed by atoms with Crippen LogP contribution in [0.25, 0.3) is 0 Å². The second-order valence-electron chi connectivity index (χ2n) is 5.58. The zero-order valence-electron chi connectivity index (χ0n) is 12.2. The van der Waals surface area contributed by atoms with Crippen LogP contribution in [0.4, 0.5) is 0 Å². The summed E-state index contributed by atoms with van der Waals surface area (Å²) >= 11 is 1.67. The van der Waals surface area contributed by atoms with Crippen LogP contribution in [0.2, 0.25) is 0 Å². The van der Waals surface area contributed by atoms with Gasteiger partial charge in [-0.2, -0.15) is 5.10 Å². The molecule has 1 unspecified atom stereocenters. The lowest BCUT2D eigenvalue weighted by atomic mass is 10.1. The van der Waals surface area contributed by atoms with E-state index in [0.717, 1.165) is 24.2 Å². The lowest BCUT2D eigenvalue weighted by Crippen LogP contribution is -2.42. The van der Waals surface area contributed by atoms with Crippen LogP contribution < -0.4 is 5.32 Å². The summed E-state index contributed by atoms with van der Waals surface area (Å²) in [7, 11) is 0. The molecule has 4 rings (SSSR count). The third kappa shape index (κ3) is 2.45. The maximum absolute atomic E-state index is 12.8. The van der Waals surface area contributed by atoms with Gasteiger partial charge >= 0.3 is 0 Å². The number of hydrogen-bond acceptors (Lipinski definition) is 5. The average Bonchev–Trinajstić information content (AvgIpc) is 3.24. The minimum absolute atomic E-state index is 0.00561. The minimum Gasteiger partial charge on any atom is -0.369 e. The third-order valence-corrected chi connectivity index (χ3v) is 5.19. The highest BCUT2D eigenvalue weighted by Gasteiger charge is 2.30. The number of aromatic nitrogens is 2. The first kappa shape index (κ1) is 13.9. The largest absolute Gasteiger partial charge is 0.369 e. The van der Waals surface area contributed by atoms with Crippen LogP contribution in [0.3, 0.4) is 0 Å². The first-order valence-electron chi connectivity index (χ1n) is 7.54. The Kier molecular flexibility index (Phi) is 3.69. The molecular weight excluding hydrogens is 300 g/mol. The number of hydrogen-bond donors (Lipinski definition) is 2. The van der Waals surface area contributed by atoms with Gasteiger partial charge in [-0.1, -0.05) is 6.07 Å². The van der Waals surface area contributed by atoms with Crippen LogP contribution in [0.1, 0.15) is 32.7 Å². The van der Waals surface area contributed by atoms with Crippen LogP contribution in [0, 0.1) is 0 Å². The van der Waals surface area contributed by atoms with Gasteiger partial charge in [-0.25, -0.2) is 0 Å². The Balaban J connectivity index is 1.54. The van der Waals surface area contributed by atoms with E-state index in [-0.39, 0.29) is 12.0 Å². The van der Waals surface area contributed by atoms with Crippen molar-refractivity contribution in [3.05, 3.63) is 39.3 Å². The van der Waals surface area contributed by atoms with E-state index in [1.165, 1.54) is 4.88 Å². The number of H-pyrrole nitrogens is 1. The fourth-order valence-corrected chi connectivity index (χ4v) is 3.80. The molecule has 0 spiro atoms. The molecule has 4 heterocycles. The molecule has 0 radical (unpaired) electrons. The number of nitrogens with zero attached hydrogens (tertiary/aromatic N) is 2. The number of fused-ring (bicyclic) bond motifs is 1. The van der Waals surface area contributed by atoms with Crippen molar-refractivity contribution in [1.29, 1.82) is 0 Å². The molecule has 0 aliphatic carbocycles. The van der Waals surface area contributed by atoms with E-state index in [1.807, 2.05) is 16.3 Å². The van der Waals surface area contributed by atoms with Crippen LogP contribution >= 0.6 is 11.3 Å². The molecule has 2 aliphatic heterocycles. The second-order valence-corrected chi connectivity index (χ2v) is 6.56. The number of nitrogens with one attached hydrogen (secondary N) is 2. The van der Waals surface area contributed by atoms with Crippen molar-refractivity contribution in [2.75, 3.05) is 26.2 Å². The van der Waals surface area contributed by atoms with E-state index in [0.29, 0.717) is 31.9 Å². The Morgan fingerprint density at radius 2 is 2.45 bits per heavy atom. The van der Waals surface area contributed by atoms with Crippen molar-refractivity contribution < 1.29 is 9.53 Å². The van der Waals surface area contributed by atoms with Gasteiger partial charge in [0, 0.05) is 42.2 Å². The summed E-state index contributed by atoms with van der Waals surface area (Å²) < 4.78 is 5.81. The quantitative estimate of drug-likeness (QED) is 0.876. The number of thiophene rings is 1. The SMILES string of the molecule is O=C(c1n[nH]c2c1CNCC2)N1CCOC(c2cccs2)C1. The highest BCUT2D eigenvalue weighted by Crippen LogP contribution is 2.27. The molecule has 116 valence electrons. The van der Waals surface area contributed by atoms with E-state index in [1.54, 1.807) is 11.3 Å². The summed E-state index contributed by atoms with van der Waals surface area (Å²) in [5.74, 6) is 0.00561. The predicted octanol–water partition coefficient (Wildman–Crippen LogP) is 1.33. The van der Waals surface area contributed by atoms with Crippen molar-refractivity contribution in [3.63, 3.8) is 0 Å². The summed E-state index contributed by atoms with van der Waals surface area (Å²) in [4.78, 5) is 15.8. The maximum Gasteiger partial charge on any atom is 0.274 e. The molecule has 1 fully saturated rings. The van der Waals surface area contributed by atoms with Gasteiger partial charge in [0.15, 0.2) is 5.69 Å². The third-order valence-electron chi connectivity index (χ3n) is 4.22. The second kappa shape index (κ2) is 5.83. The van der Waals surface area contributed by atoms with E-state index >= 15 is 0 Å². The van der Waals surface area contributed by atoms with Crippen LogP contribution in [-0.4, -0.2) is 47.2 Å². The fraction of sp³-hybridized carbons (Fsp3) is 0.467. The van der Waals surface area contributed by atoms with Crippen LogP contribution in [0.5, 0.6) is 0 Å². The molecule has 2 aromatic rings. The Hall–Kier alpha value is -1.70. The van der Waals surface area contributed by atoms with Gasteiger partial charge in [0.2, 0.25) is 0 Å². The predicted molar refractivity (Wildman–Crippen MR) is 82.9 cm³/mol. The molecule has 7 heteroatoms. The molecule has 2 aliphatic rings. The van der Waals surface area contributed by atoms with Crippen molar-refractivity contribution in [2.45, 2.75) is 19.1 Å². The lowest BCUT2D eigenvalue weighted by Gasteiger charge is -2.32. The summed E-state index contributed by atoms with van der Waals surface area (Å²) in [6.07, 6.45) is 0.877. The molecule has 2 N–H and O–H groups in total. The topological polar surface area (TPSA) is 70.2 Å². The first-order chi connectivity index (χ1) is 10.8. The van der Waals surface area contributed by atoms with E-state index in [9.17, 15) is 4.79 Å². The highest BCUT2D eigenvalue weighted by molar-refractivity contribution is 7.10. The zero-order chi connectivity index (χ0) is 14.9. The number of morpholine rings is 1. The molecule has 1 saturated heterocycles. The summed E-state index contributed by atoms with van der Waals surface area (Å²) in [5, 5.41) is 12.6. The number of carbonyl (C=O) groups excluding carboxylic acids is 1. The first-order valence-corrected chi connectivity index (χ1v) is 8.42. The van der Waals surface area contributed by atoms with E-state index < -0.39 is 0 Å². The number of aromatic amines is 1. The molecule has 1 amide bonds. The number of ether oxygens (including phenoxy) is 1. The lowest BCUT2D eigenvalue weighted by molar-refractivity contribution is -0.0214. The zero-order valence-corrected chi connectivity index (χ0v) is 13.0. The number of carbonyl (C=O) groups is 1. The van der Waals surface area contributed by atoms with Gasteiger partial charge in [0.05, 0.1) is 13.2 Å². The monoisotopic (exact) mass is 318 g/mol. The molecule has 0 bridgehead atoms. The van der Waals surface area contributed by atoms with E-state index in [4.69, 9.17) is 4.74 Å². The van der Waals surface area contributed by atoms with Crippen LogP contribution in [0.15, 0.2) is 17.5 Å². The van der Waals surface area contributed by atoms with Crippen molar-refractivity contribution in [1.82, 2.24) is 20.4 Å². The molecular formula is C15H18N4O2S. The smallest absolute Gasteiger partial charge is 0.274 e. The van der Waals surface area contributed by atoms with Gasteiger partial charge in [-0.05, 0) is 11.4 Å². The van der Waals surface area contributed by atoms with E-state index in [2.05, 4.69) is 21.6 Å². The number of amides is 1. The van der Waals surface area contributed by atoms with Crippen molar-refractivity contribution in [3.8, 4) is 0 Å². The molecule has 22 heavy (non-hydrogen) atoms. The molecule has 1 atom stereocenters. The van der Waals surface area contributed by atoms with Crippen molar-refractivity contribution in [2.24, 2.45) is 0 Å². The van der Waals surface area contributed by atoms with Crippen LogP contribution in [-0.2, 0) is 17.7 Å². The standard InChI is InChI=1S/C15H18N4O2S/c20-15(14-10-8-16-4-3-11(10)17-18-14)19-5-6-21-12(9-19)13-2-1-7-22-13/h1-2,7,12,16H,3-6,8-9H2,(H,17,18). The number of rotatable bonds is 2. The highest BCUT2D eigenvalue weighted by atomic mass is 32.1. The Morgan fingerprint density at radius 1 is 1.50 bits per heavy atom. The fourth-order valence-electron chi connectivity index (χ4n) is 3.03. The maximum atomic E-state index is 12.8. The van der Waals surface area contributed by atoms with Gasteiger partial charge in [0.25, 0.3) is 5.91 Å². The van der Waals surface area contributed by atoms with Crippen molar-refractivity contribution >= 4 is 17.2 Å². The molecule has 0 aromatic carbocycles. The normalized spacial score (nSPS) is 21.6. The Bertz CT molecular complexity index is 667. The van der Waals surface area contributed by atoms with Gasteiger partial charge < -0.3 is 15.0 Å². The summed E-state index contributed by atoms with van der Waals surface area (Å²) in [6.45, 7) is 3.43. The summed E-state index contributed by atoms with van der Waals surface area (Å²) in [6, 6.07) is 4.07. The van der Waals surface area contributed by atoms with Gasteiger partial charge in [-0.15, -0.1) is 11.3 Å². The van der Waals surface area contributed by atoms with Gasteiger partial charge in [-0.3, -0.25) is 9.89 Å². The molecule has 6 nitrogen and oxygen atoms in total. The average molecular weight is 318 g/mol. The Labute approximate surface area is 132 Å².